The summed E-state index contributed by atoms with van der Waals surface area (Å²) in [5.74, 6) is 0.0983. The lowest BCUT2D eigenvalue weighted by Crippen LogP contribution is -2.50. The fourth-order valence-corrected chi connectivity index (χ4v) is 5.15. The summed E-state index contributed by atoms with van der Waals surface area (Å²) in [6.45, 7) is 0.706. The topological polar surface area (TPSA) is 39.3 Å². The first-order chi connectivity index (χ1) is 14.2. The molecule has 1 unspecified atom stereocenters. The van der Waals surface area contributed by atoms with E-state index < -0.39 is 0 Å². The second kappa shape index (κ2) is 6.22. The molecule has 0 fully saturated rings. The third-order valence-electron chi connectivity index (χ3n) is 5.99. The fourth-order valence-electron chi connectivity index (χ4n) is 4.76. The maximum atomic E-state index is 13.4. The van der Waals surface area contributed by atoms with E-state index in [1.54, 1.807) is 0 Å². The molecule has 2 aliphatic heterocycles. The molecule has 5 heteroatoms. The molecule has 0 radical (unpaired) electrons. The molecule has 0 saturated carbocycles. The van der Waals surface area contributed by atoms with Gasteiger partial charge < -0.3 is 14.8 Å². The number of H-pyrrole nitrogens is 1. The summed E-state index contributed by atoms with van der Waals surface area (Å²) in [5.41, 5.74) is 6.31. The molecule has 142 valence electrons. The van der Waals surface area contributed by atoms with E-state index >= 15 is 0 Å². The normalized spacial score (nSPS) is 17.8. The highest BCUT2D eigenvalue weighted by Gasteiger charge is 2.43. The van der Waals surface area contributed by atoms with Crippen molar-refractivity contribution in [3.8, 4) is 0 Å². The number of aromatic nitrogens is 1. The van der Waals surface area contributed by atoms with Crippen molar-refractivity contribution in [2.45, 2.75) is 12.6 Å². The van der Waals surface area contributed by atoms with Gasteiger partial charge in [-0.3, -0.25) is 4.79 Å². The first kappa shape index (κ1) is 16.9. The first-order valence-corrected chi connectivity index (χ1v) is 10.6. The van der Waals surface area contributed by atoms with Crippen molar-refractivity contribution in [1.29, 1.82) is 0 Å². The number of para-hydroxylation sites is 2. The molecule has 0 saturated heterocycles. The molecule has 2 aliphatic rings. The minimum atomic E-state index is -0.192. The predicted molar refractivity (Wildman–Crippen MR) is 119 cm³/mol. The Morgan fingerprint density at radius 1 is 0.966 bits per heavy atom. The maximum Gasteiger partial charge on any atom is 0.257 e. The number of hydrogen-bond donors (Lipinski definition) is 1. The van der Waals surface area contributed by atoms with Crippen LogP contribution < -0.4 is 4.90 Å². The van der Waals surface area contributed by atoms with E-state index in [0.717, 1.165) is 39.0 Å². The van der Waals surface area contributed by atoms with Gasteiger partial charge in [-0.05, 0) is 48.4 Å². The van der Waals surface area contributed by atoms with Crippen LogP contribution in [0, 0.1) is 0 Å². The van der Waals surface area contributed by atoms with E-state index in [0.29, 0.717) is 6.54 Å². The van der Waals surface area contributed by atoms with Gasteiger partial charge in [-0.1, -0.05) is 52.3 Å². The van der Waals surface area contributed by atoms with Crippen molar-refractivity contribution in [3.63, 3.8) is 0 Å². The van der Waals surface area contributed by atoms with Crippen LogP contribution in [0.15, 0.2) is 77.3 Å². The number of hydrogen-bond acceptors (Lipinski definition) is 2. The lowest BCUT2D eigenvalue weighted by atomic mass is 9.95. The molecule has 3 aromatic carbocycles. The maximum absolute atomic E-state index is 13.4. The molecule has 6 rings (SSSR count). The highest BCUT2D eigenvalue weighted by molar-refractivity contribution is 9.10. The molecular weight excluding hydrogens is 426 g/mol. The van der Waals surface area contributed by atoms with Crippen LogP contribution in [0.1, 0.15) is 27.8 Å². The zero-order valence-corrected chi connectivity index (χ0v) is 17.2. The minimum Gasteiger partial charge on any atom is -0.355 e. The number of carbonyl (C=O) groups is 1. The highest BCUT2D eigenvalue weighted by Crippen LogP contribution is 2.47. The number of fused-ring (bicyclic) bond motifs is 6. The van der Waals surface area contributed by atoms with Crippen LogP contribution in [0.3, 0.4) is 0 Å². The average Bonchev–Trinajstić information content (AvgIpc) is 3.13. The van der Waals surface area contributed by atoms with Crippen LogP contribution in [0.2, 0.25) is 0 Å². The zero-order valence-electron chi connectivity index (χ0n) is 15.6. The molecule has 4 aromatic rings. The fraction of sp³-hybridized carbons (Fsp3) is 0.125. The van der Waals surface area contributed by atoms with Crippen LogP contribution in [-0.2, 0) is 6.42 Å². The molecule has 0 bridgehead atoms. The third kappa shape index (κ3) is 2.40. The van der Waals surface area contributed by atoms with Crippen LogP contribution in [0.4, 0.5) is 11.4 Å². The number of nitrogens with one attached hydrogen (secondary N) is 1. The van der Waals surface area contributed by atoms with Crippen molar-refractivity contribution >= 4 is 44.1 Å². The second-order valence-electron chi connectivity index (χ2n) is 7.55. The van der Waals surface area contributed by atoms with Crippen LogP contribution in [0.5, 0.6) is 0 Å². The van der Waals surface area contributed by atoms with E-state index in [-0.39, 0.29) is 12.1 Å². The second-order valence-corrected chi connectivity index (χ2v) is 8.47. The predicted octanol–water partition coefficient (Wildman–Crippen LogP) is 5.78. The van der Waals surface area contributed by atoms with Gasteiger partial charge in [-0.15, -0.1) is 0 Å². The zero-order chi connectivity index (χ0) is 19.5. The first-order valence-electron chi connectivity index (χ1n) is 9.76. The molecule has 1 amide bonds. The monoisotopic (exact) mass is 443 g/mol. The van der Waals surface area contributed by atoms with Crippen molar-refractivity contribution < 1.29 is 4.79 Å². The molecule has 1 N–H and O–H groups in total. The Morgan fingerprint density at radius 2 is 1.79 bits per heavy atom. The van der Waals surface area contributed by atoms with Gasteiger partial charge in [-0.25, -0.2) is 0 Å². The van der Waals surface area contributed by atoms with Gasteiger partial charge in [0, 0.05) is 27.6 Å². The number of anilines is 2. The molecule has 0 spiro atoms. The Balaban J connectivity index is 1.65. The summed E-state index contributed by atoms with van der Waals surface area (Å²) in [7, 11) is 0. The Hall–Kier alpha value is -3.05. The number of amides is 1. The summed E-state index contributed by atoms with van der Waals surface area (Å²) >= 11 is 3.61. The van der Waals surface area contributed by atoms with E-state index in [9.17, 15) is 4.79 Å². The SMILES string of the molecule is O=C1c2ccccc2N(c2cccc(Br)c2)C2c3[nH]c4ccccc4c3CCN12. The summed E-state index contributed by atoms with van der Waals surface area (Å²) < 4.78 is 1.02. The molecule has 3 heterocycles. The average molecular weight is 444 g/mol. The lowest BCUT2D eigenvalue weighted by Gasteiger charge is -2.47. The Bertz CT molecular complexity index is 1280. The molecule has 1 aromatic heterocycles. The lowest BCUT2D eigenvalue weighted by molar-refractivity contribution is 0.0642. The van der Waals surface area contributed by atoms with Gasteiger partial charge >= 0.3 is 0 Å². The number of aromatic amines is 1. The summed E-state index contributed by atoms with van der Waals surface area (Å²) in [6.07, 6.45) is 0.665. The number of carbonyl (C=O) groups excluding carboxylic acids is 1. The van der Waals surface area contributed by atoms with Gasteiger partial charge in [-0.2, -0.15) is 0 Å². The summed E-state index contributed by atoms with van der Waals surface area (Å²) in [5, 5.41) is 1.25. The van der Waals surface area contributed by atoms with Crippen molar-refractivity contribution in [2.24, 2.45) is 0 Å². The molecular formula is C24H18BrN3O. The molecule has 29 heavy (non-hydrogen) atoms. The van der Waals surface area contributed by atoms with E-state index in [1.807, 2.05) is 41.3 Å². The van der Waals surface area contributed by atoms with Crippen LogP contribution in [-0.4, -0.2) is 22.3 Å². The standard InChI is InChI=1S/C24H18BrN3O/c25-15-6-5-7-16(14-15)28-21-11-4-2-9-19(21)24(29)27-13-12-18-17-8-1-3-10-20(17)26-22(18)23(27)28/h1-11,14,23,26H,12-13H2. The third-order valence-corrected chi connectivity index (χ3v) is 6.48. The van der Waals surface area contributed by atoms with Crippen molar-refractivity contribution in [1.82, 2.24) is 9.88 Å². The van der Waals surface area contributed by atoms with Crippen molar-refractivity contribution in [3.05, 3.63) is 94.1 Å². The van der Waals surface area contributed by atoms with Gasteiger partial charge in [0.1, 0.15) is 0 Å². The van der Waals surface area contributed by atoms with Gasteiger partial charge in [0.2, 0.25) is 0 Å². The quantitative estimate of drug-likeness (QED) is 0.404. The molecule has 0 aliphatic carbocycles. The summed E-state index contributed by atoms with van der Waals surface area (Å²) in [6, 6.07) is 24.6. The van der Waals surface area contributed by atoms with Gasteiger partial charge in [0.25, 0.3) is 5.91 Å². The largest absolute Gasteiger partial charge is 0.355 e. The van der Waals surface area contributed by atoms with Crippen LogP contribution in [0.25, 0.3) is 10.9 Å². The molecule has 4 nitrogen and oxygen atoms in total. The minimum absolute atomic E-state index is 0.0983. The summed E-state index contributed by atoms with van der Waals surface area (Å²) in [4.78, 5) is 21.3. The van der Waals surface area contributed by atoms with E-state index in [2.05, 4.69) is 62.2 Å². The van der Waals surface area contributed by atoms with Crippen LogP contribution >= 0.6 is 15.9 Å². The Labute approximate surface area is 176 Å². The number of nitrogens with zero attached hydrogens (tertiary/aromatic N) is 2. The Kier molecular flexibility index (Phi) is 3.62. The molecule has 1 atom stereocenters. The van der Waals surface area contributed by atoms with Gasteiger partial charge in [0.05, 0.1) is 16.9 Å². The van der Waals surface area contributed by atoms with Gasteiger partial charge in [0.15, 0.2) is 6.17 Å². The van der Waals surface area contributed by atoms with E-state index in [1.165, 1.54) is 10.9 Å². The number of halogens is 1. The smallest absolute Gasteiger partial charge is 0.257 e. The Morgan fingerprint density at radius 3 is 2.69 bits per heavy atom. The number of benzene rings is 3. The van der Waals surface area contributed by atoms with E-state index in [4.69, 9.17) is 0 Å². The highest BCUT2D eigenvalue weighted by atomic mass is 79.9. The number of rotatable bonds is 1. The van der Waals surface area contributed by atoms with Crippen molar-refractivity contribution in [2.75, 3.05) is 11.4 Å².